The molecule has 3 rings (SSSR count). The number of benzene rings is 1. The highest BCUT2D eigenvalue weighted by Crippen LogP contribution is 2.28. The van der Waals surface area contributed by atoms with Crippen molar-refractivity contribution >= 4 is 22.7 Å². The summed E-state index contributed by atoms with van der Waals surface area (Å²) in [6.45, 7) is 4.12. The van der Waals surface area contributed by atoms with E-state index in [1.807, 2.05) is 30.3 Å². The molecule has 23 heavy (non-hydrogen) atoms. The first kappa shape index (κ1) is 15.9. The fourth-order valence-corrected chi connectivity index (χ4v) is 3.47. The largest absolute Gasteiger partial charge is 0.388 e. The molecule has 1 aromatic heterocycles. The molecule has 0 radical (unpaired) electrons. The van der Waals surface area contributed by atoms with Gasteiger partial charge in [-0.15, -0.1) is 0 Å². The Hall–Kier alpha value is -1.99. The lowest BCUT2D eigenvalue weighted by Gasteiger charge is -2.33. The molecule has 1 fully saturated rings. The molecule has 1 aliphatic rings. The number of aliphatic hydroxyl groups is 1. The van der Waals surface area contributed by atoms with Crippen LogP contribution in [-0.2, 0) is 0 Å². The molecule has 6 nitrogen and oxygen atoms in total. The van der Waals surface area contributed by atoms with Gasteiger partial charge in [0.05, 0.1) is 11.6 Å². The highest BCUT2D eigenvalue weighted by molar-refractivity contribution is 7.10. The second-order valence-electron chi connectivity index (χ2n) is 6.22. The van der Waals surface area contributed by atoms with Gasteiger partial charge < -0.3 is 10.0 Å². The topological polar surface area (TPSA) is 78.4 Å². The molecular formula is C16H20N4O2S. The molecule has 0 spiro atoms. The zero-order chi connectivity index (χ0) is 16.4. The van der Waals surface area contributed by atoms with Crippen LogP contribution in [0.25, 0.3) is 11.4 Å². The third-order valence-corrected chi connectivity index (χ3v) is 4.63. The molecule has 0 bridgehead atoms. The van der Waals surface area contributed by atoms with Crippen LogP contribution in [0.3, 0.4) is 0 Å². The lowest BCUT2D eigenvalue weighted by molar-refractivity contribution is 0.0117. The Morgan fingerprint density at radius 1 is 1.39 bits per heavy atom. The van der Waals surface area contributed by atoms with Gasteiger partial charge in [0, 0.05) is 23.6 Å². The van der Waals surface area contributed by atoms with E-state index >= 15 is 0 Å². The number of hydrogen-bond donors (Lipinski definition) is 2. The Kier molecular flexibility index (Phi) is 4.32. The molecule has 2 heterocycles. The number of carbonyl (C=O) groups is 1. The monoisotopic (exact) mass is 332 g/mol. The Labute approximate surface area is 139 Å². The first-order chi connectivity index (χ1) is 10.9. The number of rotatable bonds is 3. The number of anilines is 1. The number of amides is 2. The van der Waals surface area contributed by atoms with Crippen molar-refractivity contribution in [3.63, 3.8) is 0 Å². The number of nitrogens with zero attached hydrogens (tertiary/aromatic N) is 3. The third kappa shape index (κ3) is 3.51. The summed E-state index contributed by atoms with van der Waals surface area (Å²) < 4.78 is 4.28. The second kappa shape index (κ2) is 6.25. The number of aromatic nitrogens is 2. The molecule has 1 saturated heterocycles. The van der Waals surface area contributed by atoms with Crippen molar-refractivity contribution in [2.75, 3.05) is 11.9 Å². The van der Waals surface area contributed by atoms with Crippen LogP contribution in [0.1, 0.15) is 26.7 Å². The molecule has 122 valence electrons. The van der Waals surface area contributed by atoms with E-state index in [1.54, 1.807) is 18.7 Å². The molecule has 2 N–H and O–H groups in total. The first-order valence-corrected chi connectivity index (χ1v) is 8.41. The van der Waals surface area contributed by atoms with Gasteiger partial charge >= 0.3 is 6.03 Å². The highest BCUT2D eigenvalue weighted by atomic mass is 32.1. The van der Waals surface area contributed by atoms with E-state index in [0.717, 1.165) is 29.9 Å². The maximum absolute atomic E-state index is 12.5. The zero-order valence-corrected chi connectivity index (χ0v) is 14.0. The summed E-state index contributed by atoms with van der Waals surface area (Å²) in [5.41, 5.74) is 0.00394. The van der Waals surface area contributed by atoms with Crippen LogP contribution >= 0.6 is 11.5 Å². The fourth-order valence-electron chi connectivity index (χ4n) is 2.89. The van der Waals surface area contributed by atoms with Crippen LogP contribution in [0.15, 0.2) is 30.3 Å². The highest BCUT2D eigenvalue weighted by Gasteiger charge is 2.38. The predicted molar refractivity (Wildman–Crippen MR) is 90.4 cm³/mol. The molecule has 1 unspecified atom stereocenters. The van der Waals surface area contributed by atoms with Crippen molar-refractivity contribution < 1.29 is 9.90 Å². The lowest BCUT2D eigenvalue weighted by atomic mass is 9.97. The Morgan fingerprint density at radius 3 is 2.83 bits per heavy atom. The number of nitrogens with one attached hydrogen (secondary N) is 1. The summed E-state index contributed by atoms with van der Waals surface area (Å²) in [4.78, 5) is 18.5. The van der Waals surface area contributed by atoms with Gasteiger partial charge in [0.2, 0.25) is 5.13 Å². The van der Waals surface area contributed by atoms with Crippen LogP contribution in [0, 0.1) is 0 Å². The van der Waals surface area contributed by atoms with Crippen molar-refractivity contribution in [2.24, 2.45) is 0 Å². The van der Waals surface area contributed by atoms with E-state index < -0.39 is 5.60 Å². The van der Waals surface area contributed by atoms with E-state index in [2.05, 4.69) is 14.7 Å². The van der Waals surface area contributed by atoms with Gasteiger partial charge in [-0.05, 0) is 26.7 Å². The van der Waals surface area contributed by atoms with E-state index in [4.69, 9.17) is 0 Å². The minimum atomic E-state index is -0.913. The number of likely N-dealkylation sites (tertiary alicyclic amines) is 1. The van der Waals surface area contributed by atoms with Crippen molar-refractivity contribution in [1.29, 1.82) is 0 Å². The normalized spacial score (nSPS) is 18.2. The first-order valence-electron chi connectivity index (χ1n) is 7.64. The minimum absolute atomic E-state index is 0.177. The predicted octanol–water partition coefficient (Wildman–Crippen LogP) is 2.97. The molecule has 0 saturated carbocycles. The Morgan fingerprint density at radius 2 is 2.13 bits per heavy atom. The van der Waals surface area contributed by atoms with Gasteiger partial charge in [0.25, 0.3) is 0 Å². The van der Waals surface area contributed by atoms with Crippen molar-refractivity contribution in [3.8, 4) is 11.4 Å². The average Bonchev–Trinajstić information content (AvgIpc) is 3.16. The van der Waals surface area contributed by atoms with Crippen LogP contribution < -0.4 is 5.32 Å². The number of carbonyl (C=O) groups excluding carboxylic acids is 1. The van der Waals surface area contributed by atoms with Gasteiger partial charge in [-0.2, -0.15) is 9.36 Å². The van der Waals surface area contributed by atoms with Crippen LogP contribution in [0.4, 0.5) is 9.93 Å². The van der Waals surface area contributed by atoms with E-state index in [0.29, 0.717) is 17.5 Å². The smallest absolute Gasteiger partial charge is 0.324 e. The van der Waals surface area contributed by atoms with E-state index in [9.17, 15) is 9.90 Å². The molecular weight excluding hydrogens is 312 g/mol. The molecule has 1 atom stereocenters. The Bertz CT molecular complexity index is 681. The number of urea groups is 1. The minimum Gasteiger partial charge on any atom is -0.388 e. The standard InChI is InChI=1S/C16H20N4O2S/c1-16(2,22)12-9-6-10-20(12)15(21)18-14-17-13(19-23-14)11-7-4-3-5-8-11/h3-5,7-8,12,22H,6,9-10H2,1-2H3,(H,17,18,19,21). The maximum Gasteiger partial charge on any atom is 0.324 e. The maximum atomic E-state index is 12.5. The second-order valence-corrected chi connectivity index (χ2v) is 6.98. The molecule has 2 amide bonds. The van der Waals surface area contributed by atoms with Crippen LogP contribution in [0.5, 0.6) is 0 Å². The van der Waals surface area contributed by atoms with Gasteiger partial charge in [0.15, 0.2) is 5.82 Å². The van der Waals surface area contributed by atoms with Gasteiger partial charge in [-0.3, -0.25) is 5.32 Å². The summed E-state index contributed by atoms with van der Waals surface area (Å²) in [6, 6.07) is 9.23. The fraction of sp³-hybridized carbons (Fsp3) is 0.438. The van der Waals surface area contributed by atoms with E-state index in [1.165, 1.54) is 0 Å². The van der Waals surface area contributed by atoms with Crippen LogP contribution in [0.2, 0.25) is 0 Å². The third-order valence-electron chi connectivity index (χ3n) is 4.00. The molecule has 1 aromatic carbocycles. The van der Waals surface area contributed by atoms with Gasteiger partial charge in [-0.25, -0.2) is 4.79 Å². The summed E-state index contributed by atoms with van der Waals surface area (Å²) in [5.74, 6) is 0.603. The molecule has 2 aromatic rings. The van der Waals surface area contributed by atoms with E-state index in [-0.39, 0.29) is 12.1 Å². The lowest BCUT2D eigenvalue weighted by Crippen LogP contribution is -2.49. The Balaban J connectivity index is 1.70. The van der Waals surface area contributed by atoms with Gasteiger partial charge in [-0.1, -0.05) is 30.3 Å². The molecule has 7 heteroatoms. The quantitative estimate of drug-likeness (QED) is 0.906. The average molecular weight is 332 g/mol. The molecule has 0 aliphatic carbocycles. The SMILES string of the molecule is CC(C)(O)C1CCCN1C(=O)Nc1nc(-c2ccccc2)ns1. The van der Waals surface area contributed by atoms with Crippen molar-refractivity contribution in [1.82, 2.24) is 14.3 Å². The summed E-state index contributed by atoms with van der Waals surface area (Å²) in [5, 5.41) is 13.5. The summed E-state index contributed by atoms with van der Waals surface area (Å²) in [7, 11) is 0. The van der Waals surface area contributed by atoms with Crippen molar-refractivity contribution in [3.05, 3.63) is 30.3 Å². The zero-order valence-electron chi connectivity index (χ0n) is 13.2. The van der Waals surface area contributed by atoms with Crippen LogP contribution in [-0.4, -0.2) is 43.6 Å². The summed E-state index contributed by atoms with van der Waals surface area (Å²) >= 11 is 1.16. The number of hydrogen-bond acceptors (Lipinski definition) is 5. The summed E-state index contributed by atoms with van der Waals surface area (Å²) in [6.07, 6.45) is 1.70. The van der Waals surface area contributed by atoms with Crippen molar-refractivity contribution in [2.45, 2.75) is 38.3 Å². The van der Waals surface area contributed by atoms with Gasteiger partial charge in [0.1, 0.15) is 0 Å². The molecule has 1 aliphatic heterocycles.